The predicted octanol–water partition coefficient (Wildman–Crippen LogP) is 5.34. The van der Waals surface area contributed by atoms with Crippen molar-refractivity contribution in [2.75, 3.05) is 43.4 Å². The van der Waals surface area contributed by atoms with Gasteiger partial charge in [0.15, 0.2) is 19.3 Å². The predicted molar refractivity (Wildman–Crippen MR) is 133 cm³/mol. The Morgan fingerprint density at radius 3 is 2.36 bits per heavy atom. The van der Waals surface area contributed by atoms with Gasteiger partial charge in [-0.2, -0.15) is 0 Å². The van der Waals surface area contributed by atoms with E-state index in [2.05, 4.69) is 54.6 Å². The summed E-state index contributed by atoms with van der Waals surface area (Å²) in [6.45, 7) is 15.7. The molecule has 0 aliphatic rings. The topological polar surface area (TPSA) is 121 Å². The highest BCUT2D eigenvalue weighted by Gasteiger charge is 2.38. The molecule has 0 aliphatic heterocycles. The summed E-state index contributed by atoms with van der Waals surface area (Å²) in [5.74, 6) is 0.126. The summed E-state index contributed by atoms with van der Waals surface area (Å²) in [5.41, 5.74) is 2.92. The number of anilines is 2. The Morgan fingerprint density at radius 2 is 1.82 bits per heavy atom. The Hall–Kier alpha value is -1.07. The van der Waals surface area contributed by atoms with Crippen LogP contribution in [0.2, 0.25) is 23.3 Å². The van der Waals surface area contributed by atoms with Crippen LogP contribution in [0.1, 0.15) is 41.0 Å². The van der Waals surface area contributed by atoms with Crippen molar-refractivity contribution in [3.8, 4) is 0 Å². The van der Waals surface area contributed by atoms with E-state index in [1.807, 2.05) is 0 Å². The highest BCUT2D eigenvalue weighted by molar-refractivity contribution is 7.53. The van der Waals surface area contributed by atoms with Crippen molar-refractivity contribution in [3.63, 3.8) is 0 Å². The van der Waals surface area contributed by atoms with Gasteiger partial charge in [0.2, 0.25) is 6.41 Å². The number of hydrogen-bond donors (Lipinski definition) is 2. The lowest BCUT2D eigenvalue weighted by Gasteiger charge is -2.37. The standard InChI is InChI=1S/C20H38ClN4O6PSi/c1-8-29-32(27,30-9-2)11-10-16(13-31-33(6,7)20(3,4)5)12-28-25-19-17(24-15-26)18(21)22-14-23-19/h14-16H,8-13H2,1-7H3,(H,24,26)(H,22,23,25). The summed E-state index contributed by atoms with van der Waals surface area (Å²) in [5, 5.41) is 2.58. The molecule has 1 unspecified atom stereocenters. The van der Waals surface area contributed by atoms with Crippen molar-refractivity contribution in [3.05, 3.63) is 11.5 Å². The van der Waals surface area contributed by atoms with Crippen LogP contribution in [0.5, 0.6) is 0 Å². The molecule has 0 radical (unpaired) electrons. The zero-order chi connectivity index (χ0) is 25.1. The maximum absolute atomic E-state index is 12.9. The van der Waals surface area contributed by atoms with Gasteiger partial charge in [0.05, 0.1) is 26.0 Å². The zero-order valence-corrected chi connectivity index (χ0v) is 23.3. The smallest absolute Gasteiger partial charge is 0.330 e. The first-order chi connectivity index (χ1) is 15.4. The van der Waals surface area contributed by atoms with Crippen LogP contribution in [0.3, 0.4) is 0 Å². The van der Waals surface area contributed by atoms with Crippen molar-refractivity contribution in [1.29, 1.82) is 0 Å². The van der Waals surface area contributed by atoms with Crippen molar-refractivity contribution >= 4 is 45.4 Å². The minimum absolute atomic E-state index is 0.0513. The number of rotatable bonds is 16. The Bertz CT molecular complexity index is 786. The molecule has 1 atom stereocenters. The maximum Gasteiger partial charge on any atom is 0.330 e. The number of halogens is 1. The van der Waals surface area contributed by atoms with Gasteiger partial charge in [0, 0.05) is 12.5 Å². The minimum Gasteiger partial charge on any atom is -0.416 e. The zero-order valence-electron chi connectivity index (χ0n) is 20.6. The molecule has 0 fully saturated rings. The van der Waals surface area contributed by atoms with Crippen LogP contribution in [0.15, 0.2) is 6.33 Å². The van der Waals surface area contributed by atoms with E-state index in [4.69, 9.17) is 29.9 Å². The van der Waals surface area contributed by atoms with Gasteiger partial charge in [-0.15, -0.1) is 0 Å². The van der Waals surface area contributed by atoms with Crippen molar-refractivity contribution in [1.82, 2.24) is 9.97 Å². The first-order valence-corrected chi connectivity index (χ1v) is 16.0. The SMILES string of the molecule is CCOP(=O)(CCC(CONc1ncnc(Cl)c1NC=O)CO[Si](C)(C)C(C)(C)C)OCC. The third-order valence-corrected chi connectivity index (χ3v) is 12.3. The van der Waals surface area contributed by atoms with Crippen LogP contribution >= 0.6 is 19.2 Å². The lowest BCUT2D eigenvalue weighted by Crippen LogP contribution is -2.42. The molecule has 10 nitrogen and oxygen atoms in total. The fourth-order valence-electron chi connectivity index (χ4n) is 2.51. The normalized spacial score (nSPS) is 13.6. The summed E-state index contributed by atoms with van der Waals surface area (Å²) >= 11 is 6.01. The van der Waals surface area contributed by atoms with E-state index in [1.54, 1.807) is 13.8 Å². The van der Waals surface area contributed by atoms with Crippen LogP contribution in [-0.2, 0) is 27.7 Å². The monoisotopic (exact) mass is 524 g/mol. The van der Waals surface area contributed by atoms with Crippen LogP contribution < -0.4 is 10.8 Å². The van der Waals surface area contributed by atoms with Crippen molar-refractivity contribution in [2.45, 2.75) is 59.2 Å². The molecule has 0 spiro atoms. The Labute approximate surface area is 203 Å². The highest BCUT2D eigenvalue weighted by atomic mass is 35.5. The molecule has 0 saturated heterocycles. The molecular formula is C20H38ClN4O6PSi. The number of aromatic nitrogens is 2. The second kappa shape index (κ2) is 13.7. The van der Waals surface area contributed by atoms with Crippen molar-refractivity contribution in [2.24, 2.45) is 5.92 Å². The minimum atomic E-state index is -3.19. The van der Waals surface area contributed by atoms with E-state index in [1.165, 1.54) is 6.33 Å². The molecule has 1 heterocycles. The molecule has 1 rings (SSSR count). The molecule has 1 amide bonds. The first-order valence-electron chi connectivity index (χ1n) is 11.0. The van der Waals surface area contributed by atoms with E-state index in [0.29, 0.717) is 32.7 Å². The van der Waals surface area contributed by atoms with Gasteiger partial charge in [-0.05, 0) is 38.4 Å². The fraction of sp³-hybridized carbons (Fsp3) is 0.750. The van der Waals surface area contributed by atoms with Gasteiger partial charge in [-0.25, -0.2) is 15.4 Å². The highest BCUT2D eigenvalue weighted by Crippen LogP contribution is 2.49. The van der Waals surface area contributed by atoms with Gasteiger partial charge < -0.3 is 18.8 Å². The number of amides is 1. The molecular weight excluding hydrogens is 487 g/mol. The molecule has 0 saturated carbocycles. The summed E-state index contributed by atoms with van der Waals surface area (Å²) in [6, 6.07) is 0. The van der Waals surface area contributed by atoms with Crippen LogP contribution in [-0.4, -0.2) is 57.3 Å². The van der Waals surface area contributed by atoms with E-state index in [9.17, 15) is 9.36 Å². The molecule has 13 heteroatoms. The quantitative estimate of drug-likeness (QED) is 0.0970. The lowest BCUT2D eigenvalue weighted by molar-refractivity contribution is -0.105. The van der Waals surface area contributed by atoms with E-state index in [0.717, 1.165) is 0 Å². The molecule has 1 aromatic rings. The number of hydrogen-bond acceptors (Lipinski definition) is 9. The van der Waals surface area contributed by atoms with Gasteiger partial charge in [-0.3, -0.25) is 14.2 Å². The summed E-state index contributed by atoms with van der Waals surface area (Å²) < 4.78 is 30.1. The van der Waals surface area contributed by atoms with Crippen LogP contribution in [0.4, 0.5) is 11.5 Å². The summed E-state index contributed by atoms with van der Waals surface area (Å²) in [4.78, 5) is 24.4. The summed E-state index contributed by atoms with van der Waals surface area (Å²) in [7, 11) is -5.19. The Balaban J connectivity index is 2.88. The molecule has 1 aromatic heterocycles. The largest absolute Gasteiger partial charge is 0.416 e. The van der Waals surface area contributed by atoms with Gasteiger partial charge in [0.25, 0.3) is 0 Å². The fourth-order valence-corrected chi connectivity index (χ4v) is 5.59. The van der Waals surface area contributed by atoms with Gasteiger partial charge >= 0.3 is 7.60 Å². The third-order valence-electron chi connectivity index (χ3n) is 5.44. The Morgan fingerprint density at radius 1 is 1.18 bits per heavy atom. The lowest BCUT2D eigenvalue weighted by atomic mass is 10.1. The van der Waals surface area contributed by atoms with Gasteiger partial charge in [0.1, 0.15) is 12.0 Å². The van der Waals surface area contributed by atoms with E-state index < -0.39 is 15.9 Å². The second-order valence-corrected chi connectivity index (χ2v) is 16.3. The third kappa shape index (κ3) is 9.98. The number of nitrogens with one attached hydrogen (secondary N) is 2. The molecule has 190 valence electrons. The average Bonchev–Trinajstić information content (AvgIpc) is 2.71. The molecule has 2 N–H and O–H groups in total. The van der Waals surface area contributed by atoms with Crippen molar-refractivity contribution < 1.29 is 27.7 Å². The average molecular weight is 525 g/mol. The number of carbonyl (C=O) groups is 1. The maximum atomic E-state index is 12.9. The second-order valence-electron chi connectivity index (χ2n) is 8.96. The molecule has 0 aromatic carbocycles. The molecule has 0 aliphatic carbocycles. The van der Waals surface area contributed by atoms with E-state index >= 15 is 0 Å². The van der Waals surface area contributed by atoms with Crippen LogP contribution in [0, 0.1) is 5.92 Å². The van der Waals surface area contributed by atoms with Crippen LogP contribution in [0.25, 0.3) is 0 Å². The van der Waals surface area contributed by atoms with Gasteiger partial charge in [-0.1, -0.05) is 32.4 Å². The molecule has 0 bridgehead atoms. The Kier molecular flexibility index (Phi) is 12.5. The number of carbonyl (C=O) groups excluding carboxylic acids is 1. The first kappa shape index (κ1) is 30.0. The molecule has 33 heavy (non-hydrogen) atoms. The van der Waals surface area contributed by atoms with E-state index in [-0.39, 0.29) is 40.4 Å². The number of nitrogens with zero attached hydrogens (tertiary/aromatic N) is 2. The summed E-state index contributed by atoms with van der Waals surface area (Å²) in [6.07, 6.45) is 2.49.